The normalized spacial score (nSPS) is 10.3. The molecule has 19 heavy (non-hydrogen) atoms. The molecule has 0 atom stereocenters. The van der Waals surface area contributed by atoms with Crippen molar-refractivity contribution in [3.8, 4) is 5.75 Å². The Morgan fingerprint density at radius 3 is 2.37 bits per heavy atom. The minimum absolute atomic E-state index is 0.128. The summed E-state index contributed by atoms with van der Waals surface area (Å²) in [5.74, 6) is -1.78. The van der Waals surface area contributed by atoms with Gasteiger partial charge in [-0.25, -0.2) is 8.78 Å². The molecule has 1 N–H and O–H groups in total. The zero-order valence-electron chi connectivity index (χ0n) is 10.00. The van der Waals surface area contributed by atoms with Gasteiger partial charge in [0.15, 0.2) is 17.4 Å². The van der Waals surface area contributed by atoms with Crippen molar-refractivity contribution in [2.45, 2.75) is 0 Å². The molecule has 0 aliphatic rings. The van der Waals surface area contributed by atoms with E-state index in [0.29, 0.717) is 11.6 Å². The number of nitrogens with one attached hydrogen (secondary N) is 1. The van der Waals surface area contributed by atoms with Crippen LogP contribution in [0, 0.1) is 11.6 Å². The third kappa shape index (κ3) is 3.58. The van der Waals surface area contributed by atoms with E-state index in [1.165, 1.54) is 6.07 Å². The lowest BCUT2D eigenvalue weighted by Gasteiger charge is -2.10. The van der Waals surface area contributed by atoms with Crippen LogP contribution in [-0.2, 0) is 0 Å². The first kappa shape index (κ1) is 13.6. The van der Waals surface area contributed by atoms with Crippen LogP contribution in [0.3, 0.4) is 0 Å². The first-order chi connectivity index (χ1) is 9.18. The van der Waals surface area contributed by atoms with Crippen LogP contribution in [0.5, 0.6) is 5.75 Å². The summed E-state index contributed by atoms with van der Waals surface area (Å²) in [5.41, 5.74) is 0.752. The second-order valence-corrected chi connectivity index (χ2v) is 4.21. The smallest absolute Gasteiger partial charge is 0.190 e. The molecule has 0 amide bonds. The predicted molar refractivity (Wildman–Crippen MR) is 71.8 cm³/mol. The standard InChI is InChI=1S/C14H12ClF2NO/c15-10-4-1-2-7-13(10)18-8-9-19-14-11(16)5-3-6-12(14)17/h1-7,18H,8-9H2. The van der Waals surface area contributed by atoms with Gasteiger partial charge in [-0.05, 0) is 24.3 Å². The molecule has 0 saturated heterocycles. The highest BCUT2D eigenvalue weighted by molar-refractivity contribution is 6.33. The van der Waals surface area contributed by atoms with Crippen LogP contribution < -0.4 is 10.1 Å². The van der Waals surface area contributed by atoms with Crippen LogP contribution in [0.4, 0.5) is 14.5 Å². The quantitative estimate of drug-likeness (QED) is 0.834. The van der Waals surface area contributed by atoms with E-state index >= 15 is 0 Å². The van der Waals surface area contributed by atoms with Crippen LogP contribution >= 0.6 is 11.6 Å². The molecule has 100 valence electrons. The molecule has 0 unspecified atom stereocenters. The van der Waals surface area contributed by atoms with E-state index in [1.807, 2.05) is 18.2 Å². The van der Waals surface area contributed by atoms with Crippen molar-refractivity contribution < 1.29 is 13.5 Å². The van der Waals surface area contributed by atoms with Gasteiger partial charge >= 0.3 is 0 Å². The number of benzene rings is 2. The van der Waals surface area contributed by atoms with Gasteiger partial charge < -0.3 is 10.1 Å². The van der Waals surface area contributed by atoms with Crippen molar-refractivity contribution in [1.29, 1.82) is 0 Å². The Bertz CT molecular complexity index is 543. The zero-order chi connectivity index (χ0) is 13.7. The molecule has 0 aromatic heterocycles. The summed E-state index contributed by atoms with van der Waals surface area (Å²) in [6.07, 6.45) is 0. The highest BCUT2D eigenvalue weighted by Crippen LogP contribution is 2.22. The molecule has 2 nitrogen and oxygen atoms in total. The molecule has 0 fully saturated rings. The summed E-state index contributed by atoms with van der Waals surface area (Å²) in [7, 11) is 0. The molecule has 0 aliphatic carbocycles. The van der Waals surface area contributed by atoms with E-state index < -0.39 is 11.6 Å². The Labute approximate surface area is 115 Å². The fourth-order valence-corrected chi connectivity index (χ4v) is 1.77. The molecule has 0 bridgehead atoms. The number of rotatable bonds is 5. The fourth-order valence-electron chi connectivity index (χ4n) is 1.56. The lowest BCUT2D eigenvalue weighted by atomic mass is 10.3. The Morgan fingerprint density at radius 1 is 1.00 bits per heavy atom. The van der Waals surface area contributed by atoms with Gasteiger partial charge in [-0.2, -0.15) is 0 Å². The predicted octanol–water partition coefficient (Wildman–Crippen LogP) is 4.11. The Kier molecular flexibility index (Phi) is 4.58. The number of ether oxygens (including phenoxy) is 1. The second-order valence-electron chi connectivity index (χ2n) is 3.81. The monoisotopic (exact) mass is 283 g/mol. The lowest BCUT2D eigenvalue weighted by Crippen LogP contribution is -2.13. The first-order valence-corrected chi connectivity index (χ1v) is 6.11. The molecule has 2 aromatic rings. The molecule has 2 rings (SSSR count). The van der Waals surface area contributed by atoms with Gasteiger partial charge in [-0.3, -0.25) is 0 Å². The van der Waals surface area contributed by atoms with E-state index in [4.69, 9.17) is 16.3 Å². The van der Waals surface area contributed by atoms with Crippen LogP contribution in [0.1, 0.15) is 0 Å². The van der Waals surface area contributed by atoms with Gasteiger partial charge in [0.25, 0.3) is 0 Å². The Balaban J connectivity index is 1.86. The minimum atomic E-state index is -0.710. The Morgan fingerprint density at radius 2 is 1.68 bits per heavy atom. The van der Waals surface area contributed by atoms with Gasteiger partial charge in [0.05, 0.1) is 10.7 Å². The van der Waals surface area contributed by atoms with E-state index in [-0.39, 0.29) is 12.4 Å². The van der Waals surface area contributed by atoms with E-state index in [9.17, 15) is 8.78 Å². The third-order valence-corrected chi connectivity index (χ3v) is 2.79. The van der Waals surface area contributed by atoms with Gasteiger partial charge in [-0.15, -0.1) is 0 Å². The molecule has 0 heterocycles. The summed E-state index contributed by atoms with van der Waals surface area (Å²) in [6.45, 7) is 0.514. The topological polar surface area (TPSA) is 21.3 Å². The van der Waals surface area contributed by atoms with Crippen LogP contribution in [-0.4, -0.2) is 13.2 Å². The maximum absolute atomic E-state index is 13.3. The second kappa shape index (κ2) is 6.38. The molecule has 0 saturated carbocycles. The highest BCUT2D eigenvalue weighted by atomic mass is 35.5. The van der Waals surface area contributed by atoms with Crippen molar-refractivity contribution >= 4 is 17.3 Å². The van der Waals surface area contributed by atoms with E-state index in [2.05, 4.69) is 5.32 Å². The third-order valence-electron chi connectivity index (χ3n) is 2.46. The summed E-state index contributed by atoms with van der Waals surface area (Å²) in [4.78, 5) is 0. The molecule has 0 spiro atoms. The highest BCUT2D eigenvalue weighted by Gasteiger charge is 2.08. The van der Waals surface area contributed by atoms with E-state index in [0.717, 1.165) is 17.8 Å². The minimum Gasteiger partial charge on any atom is -0.486 e. The number of hydrogen-bond acceptors (Lipinski definition) is 2. The van der Waals surface area contributed by atoms with Crippen LogP contribution in [0.2, 0.25) is 5.02 Å². The molecular formula is C14H12ClF2NO. The number of para-hydroxylation sites is 2. The van der Waals surface area contributed by atoms with E-state index in [1.54, 1.807) is 6.07 Å². The largest absolute Gasteiger partial charge is 0.486 e. The maximum atomic E-state index is 13.3. The summed E-state index contributed by atoms with van der Waals surface area (Å²) >= 11 is 5.95. The van der Waals surface area contributed by atoms with Crippen molar-refractivity contribution in [2.75, 3.05) is 18.5 Å². The number of halogens is 3. The zero-order valence-corrected chi connectivity index (χ0v) is 10.8. The average molecular weight is 284 g/mol. The summed E-state index contributed by atoms with van der Waals surface area (Å²) in [6, 6.07) is 10.8. The molecule has 2 aromatic carbocycles. The van der Waals surface area contributed by atoms with Crippen LogP contribution in [0.15, 0.2) is 42.5 Å². The van der Waals surface area contributed by atoms with Crippen molar-refractivity contribution in [2.24, 2.45) is 0 Å². The molecule has 5 heteroatoms. The SMILES string of the molecule is Fc1cccc(F)c1OCCNc1ccccc1Cl. The van der Waals surface area contributed by atoms with Crippen molar-refractivity contribution in [3.63, 3.8) is 0 Å². The van der Waals surface area contributed by atoms with Crippen molar-refractivity contribution in [3.05, 3.63) is 59.1 Å². The number of anilines is 1. The lowest BCUT2D eigenvalue weighted by molar-refractivity contribution is 0.297. The van der Waals surface area contributed by atoms with Crippen molar-refractivity contribution in [1.82, 2.24) is 0 Å². The summed E-state index contributed by atoms with van der Waals surface area (Å²) in [5, 5.41) is 3.60. The molecule has 0 aliphatic heterocycles. The fraction of sp³-hybridized carbons (Fsp3) is 0.143. The van der Waals surface area contributed by atoms with Gasteiger partial charge in [0, 0.05) is 6.54 Å². The first-order valence-electron chi connectivity index (χ1n) is 5.73. The van der Waals surface area contributed by atoms with Gasteiger partial charge in [-0.1, -0.05) is 29.8 Å². The summed E-state index contributed by atoms with van der Waals surface area (Å²) < 4.78 is 31.6. The maximum Gasteiger partial charge on any atom is 0.190 e. The Hall–Kier alpha value is -1.81. The van der Waals surface area contributed by atoms with Gasteiger partial charge in [0.1, 0.15) is 6.61 Å². The molecular weight excluding hydrogens is 272 g/mol. The number of hydrogen-bond donors (Lipinski definition) is 1. The van der Waals surface area contributed by atoms with Crippen LogP contribution in [0.25, 0.3) is 0 Å². The molecule has 0 radical (unpaired) electrons. The van der Waals surface area contributed by atoms with Gasteiger partial charge in [0.2, 0.25) is 0 Å². The average Bonchev–Trinajstić information content (AvgIpc) is 2.39.